The summed E-state index contributed by atoms with van der Waals surface area (Å²) >= 11 is 0. The quantitative estimate of drug-likeness (QED) is 0.215. The first-order chi connectivity index (χ1) is 11.5. The fourth-order valence-corrected chi connectivity index (χ4v) is 1.61. The number of nitrogens with one attached hydrogen (secondary N) is 2. The van der Waals surface area contributed by atoms with Crippen LogP contribution < -0.4 is 10.8 Å². The maximum atomic E-state index is 11.2. The van der Waals surface area contributed by atoms with E-state index < -0.39 is 18.6 Å². The molecular weight excluding hydrogens is 326 g/mol. The van der Waals surface area contributed by atoms with E-state index in [4.69, 9.17) is 14.6 Å². The van der Waals surface area contributed by atoms with Gasteiger partial charge in [0, 0.05) is 18.7 Å². The molecule has 1 rings (SSSR count). The van der Waals surface area contributed by atoms with E-state index in [1.165, 1.54) is 12.2 Å². The Hall–Kier alpha value is -2.50. The second kappa shape index (κ2) is 11.1. The van der Waals surface area contributed by atoms with Gasteiger partial charge in [0.15, 0.2) is 6.61 Å². The predicted octanol–water partition coefficient (Wildman–Crippen LogP) is -1.74. The molecule has 0 saturated heterocycles. The standard InChI is InChI=1S/C13H19N3O8/c17-10(9-24-15-13(20)21)14-3-5-22-7-8-23-6-4-16-11(18)1-2-12(16)19/h1-2,15H,3-9H2,(H,14,17)(H,20,21). The largest absolute Gasteiger partial charge is 0.464 e. The Kier molecular flexibility index (Phi) is 9.04. The molecule has 1 aliphatic heterocycles. The molecule has 0 saturated carbocycles. The van der Waals surface area contributed by atoms with Crippen LogP contribution in [-0.4, -0.2) is 79.9 Å². The average molecular weight is 345 g/mol. The first-order valence-electron chi connectivity index (χ1n) is 7.07. The first kappa shape index (κ1) is 19.5. The third kappa shape index (κ3) is 8.22. The SMILES string of the molecule is O=C(O)NOCC(=O)NCCOCCOCCN1C(=O)C=CC1=O. The highest BCUT2D eigenvalue weighted by Crippen LogP contribution is 2.02. The van der Waals surface area contributed by atoms with Gasteiger partial charge in [-0.15, -0.1) is 0 Å². The summed E-state index contributed by atoms with van der Waals surface area (Å²) in [5.74, 6) is -1.19. The molecule has 11 nitrogen and oxygen atoms in total. The maximum Gasteiger partial charge on any atom is 0.428 e. The lowest BCUT2D eigenvalue weighted by Crippen LogP contribution is -2.34. The van der Waals surface area contributed by atoms with Crippen molar-refractivity contribution in [1.82, 2.24) is 15.7 Å². The van der Waals surface area contributed by atoms with Crippen molar-refractivity contribution in [3.8, 4) is 0 Å². The fourth-order valence-electron chi connectivity index (χ4n) is 1.61. The molecule has 0 spiro atoms. The van der Waals surface area contributed by atoms with Crippen LogP contribution in [-0.2, 0) is 28.7 Å². The van der Waals surface area contributed by atoms with E-state index >= 15 is 0 Å². The van der Waals surface area contributed by atoms with Crippen molar-refractivity contribution in [3.63, 3.8) is 0 Å². The van der Waals surface area contributed by atoms with E-state index in [1.807, 2.05) is 0 Å². The lowest BCUT2D eigenvalue weighted by atomic mass is 10.5. The second-order valence-electron chi connectivity index (χ2n) is 4.43. The Morgan fingerprint density at radius 1 is 1.04 bits per heavy atom. The molecule has 0 fully saturated rings. The minimum absolute atomic E-state index is 0.186. The number of rotatable bonds is 12. The maximum absolute atomic E-state index is 11.2. The van der Waals surface area contributed by atoms with E-state index in [0.717, 1.165) is 4.90 Å². The van der Waals surface area contributed by atoms with Crippen LogP contribution in [0.15, 0.2) is 12.2 Å². The number of carbonyl (C=O) groups excluding carboxylic acids is 3. The van der Waals surface area contributed by atoms with Gasteiger partial charge in [0.25, 0.3) is 11.8 Å². The summed E-state index contributed by atoms with van der Waals surface area (Å²) in [7, 11) is 0. The number of nitrogens with zero attached hydrogens (tertiary/aromatic N) is 1. The number of hydrogen-bond acceptors (Lipinski definition) is 7. The summed E-state index contributed by atoms with van der Waals surface area (Å²) in [6.45, 7) is 1.01. The van der Waals surface area contributed by atoms with Crippen molar-refractivity contribution in [2.75, 3.05) is 46.1 Å². The van der Waals surface area contributed by atoms with Crippen LogP contribution >= 0.6 is 0 Å². The van der Waals surface area contributed by atoms with Crippen LogP contribution in [0.1, 0.15) is 0 Å². The molecule has 1 aliphatic rings. The van der Waals surface area contributed by atoms with Crippen molar-refractivity contribution in [2.45, 2.75) is 0 Å². The van der Waals surface area contributed by atoms with Crippen LogP contribution in [0.4, 0.5) is 4.79 Å². The lowest BCUT2D eigenvalue weighted by Gasteiger charge is -2.13. The van der Waals surface area contributed by atoms with Gasteiger partial charge in [0.05, 0.1) is 33.0 Å². The van der Waals surface area contributed by atoms with Crippen molar-refractivity contribution in [3.05, 3.63) is 12.2 Å². The lowest BCUT2D eigenvalue weighted by molar-refractivity contribution is -0.137. The van der Waals surface area contributed by atoms with Gasteiger partial charge in [-0.25, -0.2) is 4.79 Å². The Morgan fingerprint density at radius 3 is 2.29 bits per heavy atom. The molecule has 0 aliphatic carbocycles. The van der Waals surface area contributed by atoms with E-state index in [9.17, 15) is 19.2 Å². The zero-order valence-electron chi connectivity index (χ0n) is 12.9. The minimum atomic E-state index is -1.39. The van der Waals surface area contributed by atoms with Gasteiger partial charge < -0.3 is 19.9 Å². The van der Waals surface area contributed by atoms with Crippen molar-refractivity contribution in [1.29, 1.82) is 0 Å². The third-order valence-electron chi connectivity index (χ3n) is 2.66. The Morgan fingerprint density at radius 2 is 1.67 bits per heavy atom. The number of carbonyl (C=O) groups is 4. The van der Waals surface area contributed by atoms with Crippen molar-refractivity contribution in [2.24, 2.45) is 0 Å². The van der Waals surface area contributed by atoms with Crippen LogP contribution in [0.25, 0.3) is 0 Å². The summed E-state index contributed by atoms with van der Waals surface area (Å²) in [5.41, 5.74) is 1.59. The predicted molar refractivity (Wildman–Crippen MR) is 77.6 cm³/mol. The molecule has 0 atom stereocenters. The Labute approximate surface area is 137 Å². The topological polar surface area (TPSA) is 144 Å². The first-order valence-corrected chi connectivity index (χ1v) is 7.07. The summed E-state index contributed by atoms with van der Waals surface area (Å²) in [6.07, 6.45) is 1.03. The monoisotopic (exact) mass is 345 g/mol. The zero-order chi connectivity index (χ0) is 17.8. The molecule has 24 heavy (non-hydrogen) atoms. The second-order valence-corrected chi connectivity index (χ2v) is 4.43. The van der Waals surface area contributed by atoms with Gasteiger partial charge in [0.1, 0.15) is 0 Å². The molecule has 134 valence electrons. The van der Waals surface area contributed by atoms with E-state index in [-0.39, 0.29) is 51.3 Å². The smallest absolute Gasteiger partial charge is 0.428 e. The van der Waals surface area contributed by atoms with Gasteiger partial charge >= 0.3 is 6.09 Å². The van der Waals surface area contributed by atoms with Gasteiger partial charge in [-0.2, -0.15) is 5.48 Å². The van der Waals surface area contributed by atoms with Crippen LogP contribution in [0.3, 0.4) is 0 Å². The zero-order valence-corrected chi connectivity index (χ0v) is 12.9. The third-order valence-corrected chi connectivity index (χ3v) is 2.66. The van der Waals surface area contributed by atoms with E-state index in [1.54, 1.807) is 5.48 Å². The van der Waals surface area contributed by atoms with Gasteiger partial charge in [-0.05, 0) is 0 Å². The van der Waals surface area contributed by atoms with Crippen molar-refractivity contribution >= 4 is 23.8 Å². The van der Waals surface area contributed by atoms with E-state index in [2.05, 4.69) is 10.2 Å². The summed E-state index contributed by atoms with van der Waals surface area (Å²) in [6, 6.07) is 0. The molecule has 4 amide bonds. The Bertz CT molecular complexity index is 476. The summed E-state index contributed by atoms with van der Waals surface area (Å²) < 4.78 is 10.4. The highest BCUT2D eigenvalue weighted by molar-refractivity contribution is 6.12. The fraction of sp³-hybridized carbons (Fsp3) is 0.538. The minimum Gasteiger partial charge on any atom is -0.464 e. The van der Waals surface area contributed by atoms with Gasteiger partial charge in [-0.3, -0.25) is 24.1 Å². The normalized spacial score (nSPS) is 13.4. The molecule has 0 aromatic heterocycles. The number of hydroxylamine groups is 1. The van der Waals surface area contributed by atoms with Crippen LogP contribution in [0.2, 0.25) is 0 Å². The number of amides is 4. The highest BCUT2D eigenvalue weighted by Gasteiger charge is 2.22. The molecule has 0 aromatic rings. The molecule has 11 heteroatoms. The van der Waals surface area contributed by atoms with Crippen LogP contribution in [0.5, 0.6) is 0 Å². The highest BCUT2D eigenvalue weighted by atomic mass is 16.7. The van der Waals surface area contributed by atoms with Crippen molar-refractivity contribution < 1.29 is 38.6 Å². The Balaban J connectivity index is 1.87. The number of hydrogen-bond donors (Lipinski definition) is 3. The molecule has 0 aromatic carbocycles. The molecular formula is C13H19N3O8. The van der Waals surface area contributed by atoms with Gasteiger partial charge in [0.2, 0.25) is 5.91 Å². The number of ether oxygens (including phenoxy) is 2. The molecule has 0 bridgehead atoms. The molecule has 0 radical (unpaired) electrons. The van der Waals surface area contributed by atoms with Gasteiger partial charge in [-0.1, -0.05) is 0 Å². The summed E-state index contributed by atoms with van der Waals surface area (Å²) in [5, 5.41) is 10.7. The molecule has 1 heterocycles. The summed E-state index contributed by atoms with van der Waals surface area (Å²) in [4.78, 5) is 49.1. The number of imide groups is 1. The number of carboxylic acid groups (broad SMARTS) is 1. The van der Waals surface area contributed by atoms with E-state index in [0.29, 0.717) is 0 Å². The van der Waals surface area contributed by atoms with Crippen LogP contribution in [0, 0.1) is 0 Å². The average Bonchev–Trinajstić information content (AvgIpc) is 2.84. The molecule has 3 N–H and O–H groups in total. The molecule has 0 unspecified atom stereocenters.